The molecule has 1 rings (SSSR count). The van der Waals surface area contributed by atoms with E-state index in [2.05, 4.69) is 4.74 Å². The van der Waals surface area contributed by atoms with E-state index in [1.165, 1.54) is 0 Å². The number of hydrogen-bond acceptors (Lipinski definition) is 3. The molecule has 1 N–H and O–H groups in total. The van der Waals surface area contributed by atoms with Crippen LogP contribution in [0.3, 0.4) is 0 Å². The van der Waals surface area contributed by atoms with E-state index in [-0.39, 0.29) is 17.5 Å². The predicted molar refractivity (Wildman–Crippen MR) is 77.4 cm³/mol. The Morgan fingerprint density at radius 3 is 2.13 bits per heavy atom. The summed E-state index contributed by atoms with van der Waals surface area (Å²) in [6.07, 6.45) is -4.35. The standard InChI is InChI=1S/C16H19F3O4/c1-2-3-4-5-6-13(16(17,18)19)23-15(22)12-9-7-11(8-10-12)14(20)21/h7-10,13H,2-6H2,1H3,(H,20,21). The molecule has 0 aromatic heterocycles. The summed E-state index contributed by atoms with van der Waals surface area (Å²) in [6.45, 7) is 1.95. The molecule has 0 fully saturated rings. The highest BCUT2D eigenvalue weighted by atomic mass is 19.4. The van der Waals surface area contributed by atoms with E-state index < -0.39 is 24.2 Å². The van der Waals surface area contributed by atoms with Gasteiger partial charge in [0.1, 0.15) is 0 Å². The van der Waals surface area contributed by atoms with Crippen molar-refractivity contribution in [3.63, 3.8) is 0 Å². The lowest BCUT2D eigenvalue weighted by molar-refractivity contribution is -0.206. The molecule has 1 atom stereocenters. The van der Waals surface area contributed by atoms with E-state index in [4.69, 9.17) is 5.11 Å². The SMILES string of the molecule is CCCCCCC(OC(=O)c1ccc(C(=O)O)cc1)C(F)(F)F. The van der Waals surface area contributed by atoms with Crippen molar-refractivity contribution in [3.8, 4) is 0 Å². The number of unbranched alkanes of at least 4 members (excludes halogenated alkanes) is 3. The molecule has 0 saturated heterocycles. The minimum atomic E-state index is -4.62. The van der Waals surface area contributed by atoms with E-state index in [9.17, 15) is 22.8 Å². The van der Waals surface area contributed by atoms with Gasteiger partial charge in [0.15, 0.2) is 6.10 Å². The highest BCUT2D eigenvalue weighted by Gasteiger charge is 2.42. The van der Waals surface area contributed by atoms with Gasteiger partial charge in [0.2, 0.25) is 0 Å². The van der Waals surface area contributed by atoms with Crippen LogP contribution < -0.4 is 0 Å². The summed E-state index contributed by atoms with van der Waals surface area (Å²) in [5.74, 6) is -2.30. The maximum Gasteiger partial charge on any atom is 0.425 e. The van der Waals surface area contributed by atoms with Crippen LogP contribution in [0.1, 0.15) is 59.7 Å². The van der Waals surface area contributed by atoms with Gasteiger partial charge in [-0.1, -0.05) is 26.2 Å². The predicted octanol–water partition coefficient (Wildman–Crippen LogP) is 4.44. The van der Waals surface area contributed by atoms with E-state index in [0.717, 1.165) is 37.1 Å². The van der Waals surface area contributed by atoms with Crippen molar-refractivity contribution in [1.29, 1.82) is 0 Å². The summed E-state index contributed by atoms with van der Waals surface area (Å²) in [6, 6.07) is 4.55. The van der Waals surface area contributed by atoms with Crippen LogP contribution in [0.5, 0.6) is 0 Å². The van der Waals surface area contributed by atoms with E-state index >= 15 is 0 Å². The number of aromatic carboxylic acids is 1. The van der Waals surface area contributed by atoms with E-state index in [0.29, 0.717) is 12.8 Å². The molecule has 0 aliphatic heterocycles. The highest BCUT2D eigenvalue weighted by molar-refractivity contribution is 5.92. The molecule has 128 valence electrons. The number of carboxylic acids is 1. The molecule has 7 heteroatoms. The minimum absolute atomic E-state index is 0.0616. The first kappa shape index (κ1) is 19.0. The molecule has 4 nitrogen and oxygen atoms in total. The topological polar surface area (TPSA) is 63.6 Å². The number of carbonyl (C=O) groups excluding carboxylic acids is 1. The smallest absolute Gasteiger partial charge is 0.425 e. The zero-order valence-corrected chi connectivity index (χ0v) is 12.7. The van der Waals surface area contributed by atoms with Crippen LogP contribution in [-0.4, -0.2) is 29.3 Å². The first-order chi connectivity index (χ1) is 10.8. The van der Waals surface area contributed by atoms with Gasteiger partial charge < -0.3 is 9.84 Å². The van der Waals surface area contributed by atoms with Crippen LogP contribution >= 0.6 is 0 Å². The Balaban J connectivity index is 2.70. The Labute approximate surface area is 132 Å². The lowest BCUT2D eigenvalue weighted by Gasteiger charge is -2.20. The average molecular weight is 332 g/mol. The molecular weight excluding hydrogens is 313 g/mol. The largest absolute Gasteiger partial charge is 0.478 e. The van der Waals surface area contributed by atoms with Gasteiger partial charge in [-0.05, 0) is 37.1 Å². The third kappa shape index (κ3) is 6.30. The molecule has 0 bridgehead atoms. The summed E-state index contributed by atoms with van der Waals surface area (Å²) in [4.78, 5) is 22.5. The van der Waals surface area contributed by atoms with Crippen molar-refractivity contribution in [2.75, 3.05) is 0 Å². The second-order valence-electron chi connectivity index (χ2n) is 5.17. The lowest BCUT2D eigenvalue weighted by atomic mass is 10.1. The number of ether oxygens (including phenoxy) is 1. The third-order valence-corrected chi connectivity index (χ3v) is 3.30. The van der Waals surface area contributed by atoms with Crippen molar-refractivity contribution in [2.24, 2.45) is 0 Å². The lowest BCUT2D eigenvalue weighted by Crippen LogP contribution is -2.33. The van der Waals surface area contributed by atoms with Crippen molar-refractivity contribution in [3.05, 3.63) is 35.4 Å². The molecular formula is C16H19F3O4. The van der Waals surface area contributed by atoms with Crippen molar-refractivity contribution >= 4 is 11.9 Å². The fourth-order valence-electron chi connectivity index (χ4n) is 1.99. The van der Waals surface area contributed by atoms with Crippen LogP contribution in [0, 0.1) is 0 Å². The Kier molecular flexibility index (Phi) is 7.06. The van der Waals surface area contributed by atoms with Crippen LogP contribution in [0.15, 0.2) is 24.3 Å². The van der Waals surface area contributed by atoms with Gasteiger partial charge >= 0.3 is 18.1 Å². The van der Waals surface area contributed by atoms with Gasteiger partial charge in [-0.25, -0.2) is 9.59 Å². The van der Waals surface area contributed by atoms with Gasteiger partial charge in [-0.2, -0.15) is 13.2 Å². The van der Waals surface area contributed by atoms with Gasteiger partial charge in [0.05, 0.1) is 11.1 Å². The van der Waals surface area contributed by atoms with Crippen LogP contribution in [0.4, 0.5) is 13.2 Å². The number of rotatable bonds is 8. The molecule has 23 heavy (non-hydrogen) atoms. The number of carbonyl (C=O) groups is 2. The first-order valence-electron chi connectivity index (χ1n) is 7.36. The van der Waals surface area contributed by atoms with Crippen LogP contribution in [0.2, 0.25) is 0 Å². The summed E-state index contributed by atoms with van der Waals surface area (Å²) in [5.41, 5.74) is -0.175. The quantitative estimate of drug-likeness (QED) is 0.564. The van der Waals surface area contributed by atoms with E-state index in [1.54, 1.807) is 0 Å². The van der Waals surface area contributed by atoms with Crippen LogP contribution in [-0.2, 0) is 4.74 Å². The molecule has 1 aromatic rings. The van der Waals surface area contributed by atoms with Crippen molar-refractivity contribution < 1.29 is 32.6 Å². The molecule has 0 heterocycles. The second-order valence-corrected chi connectivity index (χ2v) is 5.17. The van der Waals surface area contributed by atoms with Gasteiger partial charge in [-0.3, -0.25) is 0 Å². The molecule has 0 amide bonds. The fraction of sp³-hybridized carbons (Fsp3) is 0.500. The van der Waals surface area contributed by atoms with Crippen molar-refractivity contribution in [2.45, 2.75) is 51.3 Å². The number of carboxylic acid groups (broad SMARTS) is 1. The molecule has 1 aromatic carbocycles. The second kappa shape index (κ2) is 8.55. The summed E-state index contributed by atoms with van der Waals surface area (Å²) < 4.78 is 43.3. The monoisotopic (exact) mass is 332 g/mol. The third-order valence-electron chi connectivity index (χ3n) is 3.30. The first-order valence-corrected chi connectivity index (χ1v) is 7.36. The van der Waals surface area contributed by atoms with E-state index in [1.807, 2.05) is 6.92 Å². The fourth-order valence-corrected chi connectivity index (χ4v) is 1.99. The zero-order chi connectivity index (χ0) is 17.5. The highest BCUT2D eigenvalue weighted by Crippen LogP contribution is 2.28. The molecule has 0 saturated carbocycles. The normalized spacial score (nSPS) is 12.7. The Bertz CT molecular complexity index is 523. The average Bonchev–Trinajstić information content (AvgIpc) is 2.49. The van der Waals surface area contributed by atoms with Gasteiger partial charge in [0.25, 0.3) is 0 Å². The molecule has 0 aliphatic rings. The number of alkyl halides is 3. The molecule has 0 aliphatic carbocycles. The number of esters is 1. The summed E-state index contributed by atoms with van der Waals surface area (Å²) in [7, 11) is 0. The zero-order valence-electron chi connectivity index (χ0n) is 12.7. The summed E-state index contributed by atoms with van der Waals surface area (Å²) >= 11 is 0. The van der Waals surface area contributed by atoms with Crippen molar-refractivity contribution in [1.82, 2.24) is 0 Å². The number of benzene rings is 1. The maximum absolute atomic E-state index is 12.9. The summed E-state index contributed by atoms with van der Waals surface area (Å²) in [5, 5.41) is 8.74. The Hall–Kier alpha value is -2.05. The minimum Gasteiger partial charge on any atom is -0.478 e. The molecule has 0 spiro atoms. The Morgan fingerprint density at radius 2 is 1.65 bits per heavy atom. The number of hydrogen-bond donors (Lipinski definition) is 1. The molecule has 0 radical (unpaired) electrons. The van der Waals surface area contributed by atoms with Gasteiger partial charge in [-0.15, -0.1) is 0 Å². The van der Waals surface area contributed by atoms with Crippen LogP contribution in [0.25, 0.3) is 0 Å². The maximum atomic E-state index is 12.9. The van der Waals surface area contributed by atoms with Gasteiger partial charge in [0, 0.05) is 0 Å². The molecule has 1 unspecified atom stereocenters. The number of halogens is 3. The Morgan fingerprint density at radius 1 is 1.09 bits per heavy atom.